The summed E-state index contributed by atoms with van der Waals surface area (Å²) in [5.41, 5.74) is 5.98. The largest absolute Gasteiger partial charge is 0.497 e. The minimum absolute atomic E-state index is 0.0599. The smallest absolute Gasteiger partial charge is 0.156 e. The zero-order chi connectivity index (χ0) is 13.0. The Morgan fingerprint density at radius 1 is 1.28 bits per heavy atom. The average molecular weight is 243 g/mol. The summed E-state index contributed by atoms with van der Waals surface area (Å²) in [6, 6.07) is 8.81. The summed E-state index contributed by atoms with van der Waals surface area (Å²) in [5, 5.41) is 7.47. The van der Waals surface area contributed by atoms with E-state index in [2.05, 4.69) is 4.98 Å². The first-order valence-electron chi connectivity index (χ1n) is 5.31. The highest BCUT2D eigenvalue weighted by molar-refractivity contribution is 5.97. The molecule has 0 unspecified atom stereocenters. The summed E-state index contributed by atoms with van der Waals surface area (Å²) in [6.07, 6.45) is 3.09. The summed E-state index contributed by atoms with van der Waals surface area (Å²) in [6.45, 7) is 0. The van der Waals surface area contributed by atoms with Gasteiger partial charge in [-0.15, -0.1) is 0 Å². The molecule has 0 aliphatic rings. The molecular formula is C13H13N3O2. The Balaban J connectivity index is 2.31. The number of nitrogen functional groups attached to an aromatic ring is 1. The Kier molecular flexibility index (Phi) is 3.43. The fraction of sp³-hybridized carbons (Fsp3) is 0.0769. The topological polar surface area (TPSA) is 81.2 Å². The van der Waals surface area contributed by atoms with Gasteiger partial charge in [0.05, 0.1) is 18.9 Å². The molecule has 1 aromatic heterocycles. The second-order valence-corrected chi connectivity index (χ2v) is 3.57. The number of hydrogen-bond acceptors (Lipinski definition) is 4. The number of ether oxygens (including phenoxy) is 2. The standard InChI is InChI=1S/C13H13N3O2/c1-17-9-3-2-4-10(7-9)18-12-8-16-6-5-11(12)13(14)15/h2-8H,1H3,(H3,14,15). The van der Waals surface area contributed by atoms with Crippen LogP contribution in [0.15, 0.2) is 42.7 Å². The number of pyridine rings is 1. The molecule has 1 aromatic carbocycles. The van der Waals surface area contributed by atoms with Gasteiger partial charge in [0.1, 0.15) is 17.3 Å². The first-order chi connectivity index (χ1) is 8.70. The summed E-state index contributed by atoms with van der Waals surface area (Å²) >= 11 is 0. The van der Waals surface area contributed by atoms with Crippen molar-refractivity contribution in [1.29, 1.82) is 5.41 Å². The molecule has 2 aromatic rings. The number of methoxy groups -OCH3 is 1. The van der Waals surface area contributed by atoms with E-state index >= 15 is 0 Å². The lowest BCUT2D eigenvalue weighted by Gasteiger charge is -2.10. The molecule has 0 atom stereocenters. The van der Waals surface area contributed by atoms with Crippen molar-refractivity contribution in [3.8, 4) is 17.2 Å². The van der Waals surface area contributed by atoms with E-state index in [1.54, 1.807) is 31.5 Å². The molecule has 3 N–H and O–H groups in total. The minimum atomic E-state index is -0.0599. The molecule has 18 heavy (non-hydrogen) atoms. The van der Waals surface area contributed by atoms with Crippen LogP contribution >= 0.6 is 0 Å². The van der Waals surface area contributed by atoms with Gasteiger partial charge in [-0.3, -0.25) is 10.4 Å². The third-order valence-corrected chi connectivity index (χ3v) is 2.34. The van der Waals surface area contributed by atoms with Crippen molar-refractivity contribution in [2.24, 2.45) is 5.73 Å². The number of hydrogen-bond donors (Lipinski definition) is 2. The monoisotopic (exact) mass is 243 g/mol. The van der Waals surface area contributed by atoms with Crippen LogP contribution < -0.4 is 15.2 Å². The number of benzene rings is 1. The van der Waals surface area contributed by atoms with E-state index in [-0.39, 0.29) is 5.84 Å². The van der Waals surface area contributed by atoms with Crippen LogP contribution in [0, 0.1) is 5.41 Å². The van der Waals surface area contributed by atoms with Crippen LogP contribution in [0.5, 0.6) is 17.2 Å². The Morgan fingerprint density at radius 3 is 2.78 bits per heavy atom. The molecule has 92 valence electrons. The van der Waals surface area contributed by atoms with Gasteiger partial charge in [-0.2, -0.15) is 0 Å². The summed E-state index contributed by atoms with van der Waals surface area (Å²) in [7, 11) is 1.59. The molecule has 0 aliphatic carbocycles. The van der Waals surface area contributed by atoms with Gasteiger partial charge in [0.2, 0.25) is 0 Å². The third kappa shape index (κ3) is 2.57. The van der Waals surface area contributed by atoms with Crippen LogP contribution in [0.2, 0.25) is 0 Å². The van der Waals surface area contributed by atoms with E-state index in [9.17, 15) is 0 Å². The number of rotatable bonds is 4. The summed E-state index contributed by atoms with van der Waals surface area (Å²) in [4.78, 5) is 3.96. The Bertz CT molecular complexity index is 570. The lowest BCUT2D eigenvalue weighted by Crippen LogP contribution is -2.12. The van der Waals surface area contributed by atoms with Crippen LogP contribution in [0.4, 0.5) is 0 Å². The van der Waals surface area contributed by atoms with Gasteiger partial charge >= 0.3 is 0 Å². The molecule has 0 spiro atoms. The fourth-order valence-electron chi connectivity index (χ4n) is 1.48. The van der Waals surface area contributed by atoms with Crippen molar-refractivity contribution in [3.05, 3.63) is 48.3 Å². The number of nitrogens with zero attached hydrogens (tertiary/aromatic N) is 1. The average Bonchev–Trinajstić information content (AvgIpc) is 2.39. The van der Waals surface area contributed by atoms with Gasteiger partial charge < -0.3 is 15.2 Å². The summed E-state index contributed by atoms with van der Waals surface area (Å²) < 4.78 is 10.8. The fourth-order valence-corrected chi connectivity index (χ4v) is 1.48. The predicted molar refractivity (Wildman–Crippen MR) is 68.3 cm³/mol. The maximum atomic E-state index is 7.47. The van der Waals surface area contributed by atoms with Crippen LogP contribution in [0.1, 0.15) is 5.56 Å². The van der Waals surface area contributed by atoms with Gasteiger partial charge in [0.25, 0.3) is 0 Å². The highest BCUT2D eigenvalue weighted by atomic mass is 16.5. The highest BCUT2D eigenvalue weighted by Gasteiger charge is 2.07. The van der Waals surface area contributed by atoms with E-state index in [0.717, 1.165) is 0 Å². The molecule has 0 radical (unpaired) electrons. The van der Waals surface area contributed by atoms with Gasteiger partial charge in [-0.25, -0.2) is 0 Å². The first-order valence-corrected chi connectivity index (χ1v) is 5.31. The number of amidine groups is 1. The van der Waals surface area contributed by atoms with Crippen molar-refractivity contribution in [2.75, 3.05) is 7.11 Å². The van der Waals surface area contributed by atoms with Gasteiger partial charge in [0.15, 0.2) is 5.75 Å². The van der Waals surface area contributed by atoms with Crippen molar-refractivity contribution in [1.82, 2.24) is 4.98 Å². The van der Waals surface area contributed by atoms with E-state index < -0.39 is 0 Å². The Labute approximate surface area is 105 Å². The molecule has 5 nitrogen and oxygen atoms in total. The second-order valence-electron chi connectivity index (χ2n) is 3.57. The van der Waals surface area contributed by atoms with Crippen molar-refractivity contribution >= 4 is 5.84 Å². The van der Waals surface area contributed by atoms with Gasteiger partial charge in [-0.05, 0) is 18.2 Å². The molecule has 0 amide bonds. The first kappa shape index (κ1) is 11.9. The maximum absolute atomic E-state index is 7.47. The third-order valence-electron chi connectivity index (χ3n) is 2.34. The highest BCUT2D eigenvalue weighted by Crippen LogP contribution is 2.26. The van der Waals surface area contributed by atoms with Crippen LogP contribution in [-0.2, 0) is 0 Å². The van der Waals surface area contributed by atoms with Crippen LogP contribution in [0.25, 0.3) is 0 Å². The second kappa shape index (κ2) is 5.18. The number of nitrogens with two attached hydrogens (primary N) is 1. The Hall–Kier alpha value is -2.56. The van der Waals surface area contributed by atoms with Gasteiger partial charge in [0, 0.05) is 12.3 Å². The quantitative estimate of drug-likeness (QED) is 0.637. The van der Waals surface area contributed by atoms with E-state index in [1.165, 1.54) is 6.20 Å². The van der Waals surface area contributed by atoms with Crippen molar-refractivity contribution in [2.45, 2.75) is 0 Å². The molecular weight excluding hydrogens is 230 g/mol. The molecule has 0 fully saturated rings. The molecule has 0 bridgehead atoms. The van der Waals surface area contributed by atoms with E-state index in [4.69, 9.17) is 20.6 Å². The van der Waals surface area contributed by atoms with Crippen molar-refractivity contribution < 1.29 is 9.47 Å². The van der Waals surface area contributed by atoms with Gasteiger partial charge in [-0.1, -0.05) is 6.07 Å². The molecule has 5 heteroatoms. The number of aromatic nitrogens is 1. The SMILES string of the molecule is COc1cccc(Oc2cnccc2C(=N)N)c1. The minimum Gasteiger partial charge on any atom is -0.497 e. The molecule has 1 heterocycles. The number of nitrogens with one attached hydrogen (secondary N) is 1. The summed E-state index contributed by atoms with van der Waals surface area (Å²) in [5.74, 6) is 1.68. The Morgan fingerprint density at radius 2 is 2.06 bits per heavy atom. The van der Waals surface area contributed by atoms with E-state index in [1.807, 2.05) is 12.1 Å². The predicted octanol–water partition coefficient (Wildman–Crippen LogP) is 2.17. The van der Waals surface area contributed by atoms with Crippen LogP contribution in [0.3, 0.4) is 0 Å². The molecule has 0 saturated heterocycles. The van der Waals surface area contributed by atoms with Crippen LogP contribution in [-0.4, -0.2) is 17.9 Å². The zero-order valence-corrected chi connectivity index (χ0v) is 9.88. The molecule has 0 saturated carbocycles. The lowest BCUT2D eigenvalue weighted by atomic mass is 10.2. The normalized spacial score (nSPS) is 9.83. The zero-order valence-electron chi connectivity index (χ0n) is 9.88. The van der Waals surface area contributed by atoms with E-state index in [0.29, 0.717) is 22.8 Å². The molecule has 2 rings (SSSR count). The van der Waals surface area contributed by atoms with Crippen molar-refractivity contribution in [3.63, 3.8) is 0 Å². The lowest BCUT2D eigenvalue weighted by molar-refractivity contribution is 0.409. The maximum Gasteiger partial charge on any atom is 0.156 e. The molecule has 0 aliphatic heterocycles.